The third-order valence-electron chi connectivity index (χ3n) is 5.36. The topological polar surface area (TPSA) is 83.6 Å². The van der Waals surface area contributed by atoms with Crippen LogP contribution in [0.15, 0.2) is 42.6 Å². The number of likely N-dealkylation sites (tertiary alicyclic amines) is 1. The number of carbonyl (C=O) groups excluding carboxylic acids is 2. The molecular weight excluding hydrogens is 368 g/mol. The van der Waals surface area contributed by atoms with E-state index in [-0.39, 0.29) is 23.8 Å². The summed E-state index contributed by atoms with van der Waals surface area (Å²) in [6.07, 6.45) is 3.11. The van der Waals surface area contributed by atoms with Crippen LogP contribution < -0.4 is 15.4 Å². The Morgan fingerprint density at radius 3 is 2.59 bits per heavy atom. The minimum absolute atomic E-state index is 0.00567. The van der Waals surface area contributed by atoms with Gasteiger partial charge in [-0.1, -0.05) is 12.1 Å². The van der Waals surface area contributed by atoms with Crippen molar-refractivity contribution in [1.82, 2.24) is 9.88 Å². The molecule has 154 valence electrons. The Labute approximate surface area is 171 Å². The molecule has 1 aromatic carbocycles. The van der Waals surface area contributed by atoms with Gasteiger partial charge < -0.3 is 15.4 Å². The molecule has 0 saturated carbocycles. The lowest BCUT2D eigenvalue weighted by Crippen LogP contribution is -2.47. The number of methoxy groups -OCH3 is 1. The first-order valence-electron chi connectivity index (χ1n) is 9.89. The molecule has 7 nitrogen and oxygen atoms in total. The van der Waals surface area contributed by atoms with Crippen molar-refractivity contribution in [2.45, 2.75) is 32.7 Å². The minimum atomic E-state index is -0.289. The number of carbonyl (C=O) groups is 2. The quantitative estimate of drug-likeness (QED) is 0.784. The molecular formula is C22H28N4O3. The second-order valence-corrected chi connectivity index (χ2v) is 7.38. The number of rotatable bonds is 6. The molecule has 1 fully saturated rings. The van der Waals surface area contributed by atoms with E-state index in [1.54, 1.807) is 13.3 Å². The lowest BCUT2D eigenvalue weighted by atomic mass is 9.95. The van der Waals surface area contributed by atoms with E-state index >= 15 is 0 Å². The number of pyridine rings is 1. The Morgan fingerprint density at radius 1 is 1.17 bits per heavy atom. The molecule has 1 aromatic heterocycles. The van der Waals surface area contributed by atoms with Crippen LogP contribution in [-0.4, -0.2) is 47.9 Å². The average molecular weight is 396 g/mol. The van der Waals surface area contributed by atoms with Gasteiger partial charge in [0.25, 0.3) is 0 Å². The normalized spacial score (nSPS) is 16.1. The molecule has 2 amide bonds. The summed E-state index contributed by atoms with van der Waals surface area (Å²) in [5.41, 5.74) is 1.71. The van der Waals surface area contributed by atoms with Crippen LogP contribution in [-0.2, 0) is 9.59 Å². The zero-order valence-electron chi connectivity index (χ0n) is 17.1. The van der Waals surface area contributed by atoms with Gasteiger partial charge in [-0.2, -0.15) is 0 Å². The number of para-hydroxylation sites is 2. The third kappa shape index (κ3) is 5.32. The summed E-state index contributed by atoms with van der Waals surface area (Å²) in [5.74, 6) is 1.06. The van der Waals surface area contributed by atoms with Gasteiger partial charge >= 0.3 is 0 Å². The second-order valence-electron chi connectivity index (χ2n) is 7.38. The highest BCUT2D eigenvalue weighted by Crippen LogP contribution is 2.25. The fraction of sp³-hybridized carbons (Fsp3) is 0.409. The molecule has 2 heterocycles. The predicted molar refractivity (Wildman–Crippen MR) is 113 cm³/mol. The lowest BCUT2D eigenvalue weighted by molar-refractivity contribution is -0.123. The SMILES string of the molecule is COc1ccccc1NC(=O)C(C)N1CCC(C(=O)Nc2cc(C)ccn2)CC1. The number of piperidine rings is 1. The average Bonchev–Trinajstić information content (AvgIpc) is 2.73. The molecule has 1 aliphatic heterocycles. The molecule has 0 bridgehead atoms. The summed E-state index contributed by atoms with van der Waals surface area (Å²) in [5, 5.41) is 5.84. The highest BCUT2D eigenvalue weighted by molar-refractivity contribution is 5.96. The van der Waals surface area contributed by atoms with Crippen molar-refractivity contribution in [2.24, 2.45) is 5.92 Å². The summed E-state index contributed by atoms with van der Waals surface area (Å²) in [4.78, 5) is 31.5. The van der Waals surface area contributed by atoms with Gasteiger partial charge in [0.1, 0.15) is 11.6 Å². The Balaban J connectivity index is 1.51. The van der Waals surface area contributed by atoms with Crippen LogP contribution in [0.1, 0.15) is 25.3 Å². The fourth-order valence-electron chi connectivity index (χ4n) is 3.53. The fourth-order valence-corrected chi connectivity index (χ4v) is 3.53. The summed E-state index contributed by atoms with van der Waals surface area (Å²) < 4.78 is 5.29. The molecule has 1 unspecified atom stereocenters. The van der Waals surface area contributed by atoms with E-state index in [0.29, 0.717) is 43.2 Å². The van der Waals surface area contributed by atoms with Crippen molar-refractivity contribution in [3.05, 3.63) is 48.2 Å². The lowest BCUT2D eigenvalue weighted by Gasteiger charge is -2.34. The van der Waals surface area contributed by atoms with Crippen LogP contribution in [0.3, 0.4) is 0 Å². The number of nitrogens with zero attached hydrogens (tertiary/aromatic N) is 2. The maximum Gasteiger partial charge on any atom is 0.241 e. The summed E-state index contributed by atoms with van der Waals surface area (Å²) in [7, 11) is 1.58. The number of ether oxygens (including phenoxy) is 1. The predicted octanol–water partition coefficient (Wildman–Crippen LogP) is 3.08. The van der Waals surface area contributed by atoms with Crippen LogP contribution in [0.25, 0.3) is 0 Å². The van der Waals surface area contributed by atoms with E-state index in [4.69, 9.17) is 4.74 Å². The van der Waals surface area contributed by atoms with E-state index in [0.717, 1.165) is 5.56 Å². The van der Waals surface area contributed by atoms with Gasteiger partial charge in [0.05, 0.1) is 18.8 Å². The zero-order chi connectivity index (χ0) is 20.8. The van der Waals surface area contributed by atoms with Crippen molar-refractivity contribution in [2.75, 3.05) is 30.8 Å². The van der Waals surface area contributed by atoms with Crippen molar-refractivity contribution in [3.8, 4) is 5.75 Å². The maximum atomic E-state index is 12.7. The zero-order valence-corrected chi connectivity index (χ0v) is 17.1. The molecule has 3 rings (SSSR count). The van der Waals surface area contributed by atoms with Gasteiger partial charge in [0.2, 0.25) is 11.8 Å². The second kappa shape index (κ2) is 9.52. The molecule has 0 aliphatic carbocycles. The van der Waals surface area contributed by atoms with E-state index in [1.165, 1.54) is 0 Å². The van der Waals surface area contributed by atoms with Crippen LogP contribution in [0.2, 0.25) is 0 Å². The molecule has 2 aromatic rings. The number of hydrogen-bond acceptors (Lipinski definition) is 5. The molecule has 1 aliphatic rings. The van der Waals surface area contributed by atoms with Crippen molar-refractivity contribution < 1.29 is 14.3 Å². The number of amides is 2. The van der Waals surface area contributed by atoms with Crippen molar-refractivity contribution in [1.29, 1.82) is 0 Å². The monoisotopic (exact) mass is 396 g/mol. The van der Waals surface area contributed by atoms with Gasteiger partial charge in [0.15, 0.2) is 0 Å². The van der Waals surface area contributed by atoms with E-state index in [9.17, 15) is 9.59 Å². The summed E-state index contributed by atoms with van der Waals surface area (Å²) >= 11 is 0. The third-order valence-corrected chi connectivity index (χ3v) is 5.36. The Bertz CT molecular complexity index is 863. The number of aromatic nitrogens is 1. The molecule has 1 saturated heterocycles. The highest BCUT2D eigenvalue weighted by atomic mass is 16.5. The Kier molecular flexibility index (Phi) is 6.82. The van der Waals surface area contributed by atoms with Gasteiger partial charge in [0, 0.05) is 12.1 Å². The largest absolute Gasteiger partial charge is 0.495 e. The van der Waals surface area contributed by atoms with Crippen LogP contribution in [0.4, 0.5) is 11.5 Å². The maximum absolute atomic E-state index is 12.7. The van der Waals surface area contributed by atoms with Gasteiger partial charge in [-0.15, -0.1) is 0 Å². The smallest absolute Gasteiger partial charge is 0.241 e. The molecule has 29 heavy (non-hydrogen) atoms. The first-order valence-corrected chi connectivity index (χ1v) is 9.89. The van der Waals surface area contributed by atoms with Crippen molar-refractivity contribution in [3.63, 3.8) is 0 Å². The van der Waals surface area contributed by atoms with Gasteiger partial charge in [-0.05, 0) is 69.6 Å². The summed E-state index contributed by atoms with van der Waals surface area (Å²) in [6.45, 7) is 5.24. The standard InChI is InChI=1S/C22H28N4O3/c1-15-8-11-23-20(14-15)25-22(28)17-9-12-26(13-10-17)16(2)21(27)24-18-6-4-5-7-19(18)29-3/h4-8,11,14,16-17H,9-10,12-13H2,1-3H3,(H,24,27)(H,23,25,28). The highest BCUT2D eigenvalue weighted by Gasteiger charge is 2.30. The van der Waals surface area contributed by atoms with E-state index < -0.39 is 0 Å². The Hall–Kier alpha value is -2.93. The molecule has 1 atom stereocenters. The molecule has 0 radical (unpaired) electrons. The number of nitrogens with one attached hydrogen (secondary N) is 2. The number of hydrogen-bond donors (Lipinski definition) is 2. The van der Waals surface area contributed by atoms with E-state index in [1.807, 2.05) is 50.2 Å². The first kappa shape index (κ1) is 20.8. The van der Waals surface area contributed by atoms with Gasteiger partial charge in [-0.25, -0.2) is 4.98 Å². The van der Waals surface area contributed by atoms with E-state index in [2.05, 4.69) is 20.5 Å². The van der Waals surface area contributed by atoms with Gasteiger partial charge in [-0.3, -0.25) is 14.5 Å². The first-order chi connectivity index (χ1) is 14.0. The van der Waals surface area contributed by atoms with Crippen LogP contribution >= 0.6 is 0 Å². The number of aryl methyl sites for hydroxylation is 1. The molecule has 2 N–H and O–H groups in total. The van der Waals surface area contributed by atoms with Crippen LogP contribution in [0, 0.1) is 12.8 Å². The van der Waals surface area contributed by atoms with Crippen molar-refractivity contribution >= 4 is 23.3 Å². The number of anilines is 2. The molecule has 0 spiro atoms. The number of benzene rings is 1. The summed E-state index contributed by atoms with van der Waals surface area (Å²) in [6, 6.07) is 10.8. The Morgan fingerprint density at radius 2 is 1.90 bits per heavy atom. The van der Waals surface area contributed by atoms with Crippen LogP contribution in [0.5, 0.6) is 5.75 Å². The minimum Gasteiger partial charge on any atom is -0.495 e. The molecule has 7 heteroatoms.